The van der Waals surface area contributed by atoms with E-state index in [-0.39, 0.29) is 5.82 Å². The molecule has 1 heterocycles. The quantitative estimate of drug-likeness (QED) is 0.820. The van der Waals surface area contributed by atoms with Crippen LogP contribution in [0.4, 0.5) is 10.1 Å². The number of hydrogen-bond donors (Lipinski definition) is 1. The number of hydrogen-bond acceptors (Lipinski definition) is 3. The molecular weight excluding hydrogens is 219 g/mol. The van der Waals surface area contributed by atoms with Crippen molar-refractivity contribution in [1.82, 2.24) is 4.90 Å². The van der Waals surface area contributed by atoms with E-state index in [0.717, 1.165) is 25.9 Å². The van der Waals surface area contributed by atoms with Crippen molar-refractivity contribution in [3.63, 3.8) is 0 Å². The summed E-state index contributed by atoms with van der Waals surface area (Å²) in [7, 11) is 2.13. The maximum absolute atomic E-state index is 13.0. The standard InChI is InChI=1S/C13H19FN2O/c1-16-6-4-10(5-7-16)9-17-13-8-11(14)2-3-12(13)15/h2-3,8,10H,4-7,9,15H2,1H3. The summed E-state index contributed by atoms with van der Waals surface area (Å²) in [4.78, 5) is 2.31. The second-order valence-electron chi connectivity index (χ2n) is 4.74. The summed E-state index contributed by atoms with van der Waals surface area (Å²) in [6.45, 7) is 2.83. The molecule has 2 N–H and O–H groups in total. The number of rotatable bonds is 3. The van der Waals surface area contributed by atoms with Gasteiger partial charge in [0.2, 0.25) is 0 Å². The third-order valence-corrected chi connectivity index (χ3v) is 3.29. The number of nitrogens with two attached hydrogens (primary N) is 1. The van der Waals surface area contributed by atoms with Gasteiger partial charge in [0, 0.05) is 6.07 Å². The van der Waals surface area contributed by atoms with Gasteiger partial charge in [0.25, 0.3) is 0 Å². The number of halogens is 1. The molecule has 0 aromatic heterocycles. The molecule has 17 heavy (non-hydrogen) atoms. The lowest BCUT2D eigenvalue weighted by Crippen LogP contribution is -2.32. The third-order valence-electron chi connectivity index (χ3n) is 3.29. The van der Waals surface area contributed by atoms with Gasteiger partial charge >= 0.3 is 0 Å². The normalized spacial score (nSPS) is 18.2. The van der Waals surface area contributed by atoms with Gasteiger partial charge in [-0.1, -0.05) is 0 Å². The van der Waals surface area contributed by atoms with Crippen molar-refractivity contribution in [2.24, 2.45) is 5.92 Å². The summed E-state index contributed by atoms with van der Waals surface area (Å²) < 4.78 is 18.6. The molecule has 1 aromatic carbocycles. The first-order valence-electron chi connectivity index (χ1n) is 6.01. The lowest BCUT2D eigenvalue weighted by molar-refractivity contribution is 0.160. The zero-order chi connectivity index (χ0) is 12.3. The number of benzene rings is 1. The van der Waals surface area contributed by atoms with Gasteiger partial charge in [0.15, 0.2) is 0 Å². The lowest BCUT2D eigenvalue weighted by atomic mass is 9.98. The predicted octanol–water partition coefficient (Wildman–Crippen LogP) is 2.13. The maximum Gasteiger partial charge on any atom is 0.145 e. The van der Waals surface area contributed by atoms with Crippen molar-refractivity contribution >= 4 is 5.69 Å². The number of ether oxygens (including phenoxy) is 1. The Kier molecular flexibility index (Phi) is 3.84. The average Bonchev–Trinajstić information content (AvgIpc) is 2.32. The van der Waals surface area contributed by atoms with E-state index in [2.05, 4.69) is 11.9 Å². The molecule has 1 saturated heterocycles. The Balaban J connectivity index is 1.87. The second-order valence-corrected chi connectivity index (χ2v) is 4.74. The van der Waals surface area contributed by atoms with Crippen LogP contribution in [0.1, 0.15) is 12.8 Å². The first-order valence-corrected chi connectivity index (χ1v) is 6.01. The van der Waals surface area contributed by atoms with Crippen LogP contribution in [-0.2, 0) is 0 Å². The number of nitrogens with zero attached hydrogens (tertiary/aromatic N) is 1. The smallest absolute Gasteiger partial charge is 0.145 e. The van der Waals surface area contributed by atoms with E-state index in [1.165, 1.54) is 12.1 Å². The van der Waals surface area contributed by atoms with Crippen molar-refractivity contribution in [2.75, 3.05) is 32.5 Å². The predicted molar refractivity (Wildman–Crippen MR) is 66.5 cm³/mol. The summed E-state index contributed by atoms with van der Waals surface area (Å²) in [6.07, 6.45) is 2.26. The highest BCUT2D eigenvalue weighted by molar-refractivity contribution is 5.52. The van der Waals surface area contributed by atoms with Crippen molar-refractivity contribution in [1.29, 1.82) is 0 Å². The monoisotopic (exact) mass is 238 g/mol. The van der Waals surface area contributed by atoms with Gasteiger partial charge in [-0.2, -0.15) is 0 Å². The molecule has 0 saturated carbocycles. The van der Waals surface area contributed by atoms with E-state index < -0.39 is 0 Å². The molecule has 0 amide bonds. The summed E-state index contributed by atoms with van der Waals surface area (Å²) in [5.74, 6) is 0.704. The first kappa shape index (κ1) is 12.2. The van der Waals surface area contributed by atoms with Crippen LogP contribution in [0.2, 0.25) is 0 Å². The SMILES string of the molecule is CN1CCC(COc2cc(F)ccc2N)CC1. The first-order chi connectivity index (χ1) is 8.15. The molecule has 1 aliphatic rings. The Labute approximate surface area is 101 Å². The summed E-state index contributed by atoms with van der Waals surface area (Å²) in [5.41, 5.74) is 6.23. The molecule has 94 valence electrons. The summed E-state index contributed by atoms with van der Waals surface area (Å²) >= 11 is 0. The minimum atomic E-state index is -0.308. The highest BCUT2D eigenvalue weighted by atomic mass is 19.1. The van der Waals surface area contributed by atoms with E-state index in [1.807, 2.05) is 0 Å². The molecule has 0 bridgehead atoms. The molecule has 1 fully saturated rings. The fourth-order valence-corrected chi connectivity index (χ4v) is 2.07. The number of likely N-dealkylation sites (tertiary alicyclic amines) is 1. The molecule has 1 aromatic rings. The zero-order valence-corrected chi connectivity index (χ0v) is 10.2. The van der Waals surface area contributed by atoms with Crippen molar-refractivity contribution in [2.45, 2.75) is 12.8 Å². The lowest BCUT2D eigenvalue weighted by Gasteiger charge is -2.28. The van der Waals surface area contributed by atoms with Gasteiger partial charge in [-0.15, -0.1) is 0 Å². The molecule has 4 heteroatoms. The summed E-state index contributed by atoms with van der Waals surface area (Å²) in [5, 5.41) is 0. The molecule has 0 atom stereocenters. The molecule has 1 aliphatic heterocycles. The minimum Gasteiger partial charge on any atom is -0.491 e. The van der Waals surface area contributed by atoms with Gasteiger partial charge < -0.3 is 15.4 Å². The number of anilines is 1. The second kappa shape index (κ2) is 5.36. The van der Waals surface area contributed by atoms with E-state index in [9.17, 15) is 4.39 Å². The topological polar surface area (TPSA) is 38.5 Å². The van der Waals surface area contributed by atoms with Crippen LogP contribution in [0.25, 0.3) is 0 Å². The average molecular weight is 238 g/mol. The highest BCUT2D eigenvalue weighted by Crippen LogP contribution is 2.24. The molecule has 0 unspecified atom stereocenters. The van der Waals surface area contributed by atoms with Gasteiger partial charge in [0.1, 0.15) is 11.6 Å². The molecule has 0 aliphatic carbocycles. The fourth-order valence-electron chi connectivity index (χ4n) is 2.07. The zero-order valence-electron chi connectivity index (χ0n) is 10.2. The van der Waals surface area contributed by atoms with E-state index in [0.29, 0.717) is 24.0 Å². The van der Waals surface area contributed by atoms with Crippen LogP contribution in [0.3, 0.4) is 0 Å². The van der Waals surface area contributed by atoms with E-state index in [1.54, 1.807) is 6.07 Å². The molecule has 0 radical (unpaired) electrons. The van der Waals surface area contributed by atoms with Crippen LogP contribution in [0, 0.1) is 11.7 Å². The van der Waals surface area contributed by atoms with Crippen molar-refractivity contribution in [3.05, 3.63) is 24.0 Å². The van der Waals surface area contributed by atoms with E-state index >= 15 is 0 Å². The highest BCUT2D eigenvalue weighted by Gasteiger charge is 2.17. The maximum atomic E-state index is 13.0. The number of piperidine rings is 1. The Bertz CT molecular complexity index is 376. The van der Waals surface area contributed by atoms with E-state index in [4.69, 9.17) is 10.5 Å². The van der Waals surface area contributed by atoms with Crippen LogP contribution in [0.5, 0.6) is 5.75 Å². The molecule has 0 spiro atoms. The van der Waals surface area contributed by atoms with Crippen LogP contribution >= 0.6 is 0 Å². The van der Waals surface area contributed by atoms with Crippen molar-refractivity contribution < 1.29 is 9.13 Å². The molecule has 2 rings (SSSR count). The fraction of sp³-hybridized carbons (Fsp3) is 0.538. The third kappa shape index (κ3) is 3.33. The minimum absolute atomic E-state index is 0.308. The summed E-state index contributed by atoms with van der Waals surface area (Å²) in [6, 6.07) is 4.24. The van der Waals surface area contributed by atoms with Crippen LogP contribution in [0.15, 0.2) is 18.2 Å². The Hall–Kier alpha value is -1.29. The van der Waals surface area contributed by atoms with Crippen LogP contribution in [-0.4, -0.2) is 31.6 Å². The van der Waals surface area contributed by atoms with Crippen molar-refractivity contribution in [3.8, 4) is 5.75 Å². The van der Waals surface area contributed by atoms with Gasteiger partial charge in [-0.25, -0.2) is 4.39 Å². The Morgan fingerprint density at radius 2 is 2.12 bits per heavy atom. The van der Waals surface area contributed by atoms with Gasteiger partial charge in [-0.05, 0) is 51.0 Å². The molecular formula is C13H19FN2O. The van der Waals surface area contributed by atoms with Crippen LogP contribution < -0.4 is 10.5 Å². The molecule has 3 nitrogen and oxygen atoms in total. The Morgan fingerprint density at radius 3 is 2.82 bits per heavy atom. The van der Waals surface area contributed by atoms with Gasteiger partial charge in [0.05, 0.1) is 12.3 Å². The Morgan fingerprint density at radius 1 is 1.41 bits per heavy atom. The largest absolute Gasteiger partial charge is 0.491 e. The number of nitrogen functional groups attached to an aromatic ring is 1. The van der Waals surface area contributed by atoms with Gasteiger partial charge in [-0.3, -0.25) is 0 Å².